The topological polar surface area (TPSA) is 60.4 Å². The lowest BCUT2D eigenvalue weighted by atomic mass is 9.79. The summed E-state index contributed by atoms with van der Waals surface area (Å²) in [6.45, 7) is 6.11. The molecule has 134 valence electrons. The average Bonchev–Trinajstić information content (AvgIpc) is 3.04. The predicted molar refractivity (Wildman–Crippen MR) is 96.8 cm³/mol. The Balaban J connectivity index is 1.21. The van der Waals surface area contributed by atoms with Gasteiger partial charge in [0.25, 0.3) is 0 Å². The number of anilines is 1. The van der Waals surface area contributed by atoms with Crippen molar-refractivity contribution in [1.82, 2.24) is 15.2 Å². The smallest absolute Gasteiger partial charge is 0.208 e. The van der Waals surface area contributed by atoms with Crippen LogP contribution in [0.5, 0.6) is 0 Å². The fourth-order valence-corrected chi connectivity index (χ4v) is 4.39. The third-order valence-corrected chi connectivity index (χ3v) is 5.88. The van der Waals surface area contributed by atoms with Crippen LogP contribution in [0.15, 0.2) is 24.4 Å². The van der Waals surface area contributed by atoms with Crippen LogP contribution >= 0.6 is 11.3 Å². The van der Waals surface area contributed by atoms with E-state index in [4.69, 9.17) is 9.47 Å². The van der Waals surface area contributed by atoms with Crippen molar-refractivity contribution in [3.8, 4) is 0 Å². The van der Waals surface area contributed by atoms with Gasteiger partial charge in [-0.2, -0.15) is 0 Å². The Morgan fingerprint density at radius 3 is 3.04 bits per heavy atom. The molecular formula is C18H24N4O2S. The van der Waals surface area contributed by atoms with Gasteiger partial charge in [0.2, 0.25) is 5.13 Å². The standard InChI is InChI=1S/C18H24N4O2S/c1-14-20-21-17(25-14)22-12-18(13-22)10-15(6-9-24-18)5-8-23-11-16-4-2-3-7-19-16/h2-4,7,15H,5-6,8-13H2,1H3/t15-/m1/s1. The molecular weight excluding hydrogens is 336 g/mol. The van der Waals surface area contributed by atoms with Crippen LogP contribution in [-0.4, -0.2) is 47.1 Å². The van der Waals surface area contributed by atoms with Crippen molar-refractivity contribution in [1.29, 1.82) is 0 Å². The number of aromatic nitrogens is 3. The Hall–Kier alpha value is -1.57. The largest absolute Gasteiger partial charge is 0.375 e. The van der Waals surface area contributed by atoms with Crippen LogP contribution in [0.25, 0.3) is 0 Å². The van der Waals surface area contributed by atoms with E-state index < -0.39 is 0 Å². The average molecular weight is 360 g/mol. The lowest BCUT2D eigenvalue weighted by Crippen LogP contribution is -2.65. The van der Waals surface area contributed by atoms with Gasteiger partial charge < -0.3 is 14.4 Å². The molecule has 2 aliphatic heterocycles. The second-order valence-corrected chi connectivity index (χ2v) is 8.17. The molecule has 6 nitrogen and oxygen atoms in total. The summed E-state index contributed by atoms with van der Waals surface area (Å²) in [6, 6.07) is 5.92. The van der Waals surface area contributed by atoms with Crippen molar-refractivity contribution < 1.29 is 9.47 Å². The number of pyridine rings is 1. The molecule has 2 aliphatic rings. The summed E-state index contributed by atoms with van der Waals surface area (Å²) >= 11 is 1.66. The third-order valence-electron chi connectivity index (χ3n) is 4.99. The Morgan fingerprint density at radius 1 is 1.36 bits per heavy atom. The van der Waals surface area contributed by atoms with Gasteiger partial charge in [-0.05, 0) is 44.2 Å². The SMILES string of the molecule is Cc1nnc(N2CC3(C[C@H](CCOCc4ccccn4)CCO3)C2)s1. The van der Waals surface area contributed by atoms with Gasteiger partial charge in [-0.25, -0.2) is 0 Å². The van der Waals surface area contributed by atoms with Crippen LogP contribution in [-0.2, 0) is 16.1 Å². The quantitative estimate of drug-likeness (QED) is 0.738. The zero-order valence-electron chi connectivity index (χ0n) is 14.6. The molecule has 1 atom stereocenters. The third kappa shape index (κ3) is 3.99. The molecule has 0 radical (unpaired) electrons. The first-order chi connectivity index (χ1) is 12.2. The lowest BCUT2D eigenvalue weighted by Gasteiger charge is -2.53. The minimum Gasteiger partial charge on any atom is -0.375 e. The number of hydrogen-bond donors (Lipinski definition) is 0. The van der Waals surface area contributed by atoms with Gasteiger partial charge in [-0.3, -0.25) is 4.98 Å². The van der Waals surface area contributed by atoms with Crippen LogP contribution in [0.2, 0.25) is 0 Å². The maximum absolute atomic E-state index is 6.13. The highest BCUT2D eigenvalue weighted by molar-refractivity contribution is 7.15. The Bertz CT molecular complexity index is 687. The van der Waals surface area contributed by atoms with Crippen molar-refractivity contribution in [3.63, 3.8) is 0 Å². The maximum atomic E-state index is 6.13. The fourth-order valence-electron chi connectivity index (χ4n) is 3.70. The first-order valence-corrected chi connectivity index (χ1v) is 9.71. The van der Waals surface area contributed by atoms with Crippen LogP contribution in [0.4, 0.5) is 5.13 Å². The van der Waals surface area contributed by atoms with Crippen LogP contribution < -0.4 is 4.90 Å². The molecule has 2 saturated heterocycles. The zero-order valence-corrected chi connectivity index (χ0v) is 15.4. The molecule has 2 fully saturated rings. The molecule has 0 unspecified atom stereocenters. The van der Waals surface area contributed by atoms with Gasteiger partial charge in [0, 0.05) is 19.4 Å². The molecule has 0 N–H and O–H groups in total. The molecule has 0 aliphatic carbocycles. The first-order valence-electron chi connectivity index (χ1n) is 8.89. The van der Waals surface area contributed by atoms with E-state index in [1.165, 1.54) is 0 Å². The molecule has 0 saturated carbocycles. The predicted octanol–water partition coefficient (Wildman–Crippen LogP) is 2.83. The normalized spacial score (nSPS) is 22.1. The van der Waals surface area contributed by atoms with E-state index >= 15 is 0 Å². The Labute approximate surface area is 152 Å². The first kappa shape index (κ1) is 16.9. The fraction of sp³-hybridized carbons (Fsp3) is 0.611. The molecule has 7 heteroatoms. The van der Waals surface area contributed by atoms with Gasteiger partial charge in [-0.15, -0.1) is 10.2 Å². The molecule has 1 spiro atoms. The highest BCUT2D eigenvalue weighted by atomic mass is 32.1. The zero-order chi connectivity index (χ0) is 17.1. The van der Waals surface area contributed by atoms with Crippen molar-refractivity contribution >= 4 is 16.5 Å². The molecule has 0 bridgehead atoms. The van der Waals surface area contributed by atoms with Crippen LogP contribution in [0.3, 0.4) is 0 Å². The summed E-state index contributed by atoms with van der Waals surface area (Å²) in [5.74, 6) is 0.677. The highest BCUT2D eigenvalue weighted by Crippen LogP contribution is 2.40. The molecule has 0 aromatic carbocycles. The summed E-state index contributed by atoms with van der Waals surface area (Å²) < 4.78 is 11.9. The number of ether oxygens (including phenoxy) is 2. The lowest BCUT2D eigenvalue weighted by molar-refractivity contribution is -0.116. The van der Waals surface area contributed by atoms with E-state index in [0.29, 0.717) is 12.5 Å². The van der Waals surface area contributed by atoms with E-state index in [1.54, 1.807) is 11.3 Å². The van der Waals surface area contributed by atoms with Crippen LogP contribution in [0.1, 0.15) is 30.0 Å². The summed E-state index contributed by atoms with van der Waals surface area (Å²) in [5, 5.41) is 10.4. The molecule has 2 aromatic rings. The van der Waals surface area contributed by atoms with Gasteiger partial charge in [0.1, 0.15) is 10.6 Å². The number of nitrogens with zero attached hydrogens (tertiary/aromatic N) is 4. The van der Waals surface area contributed by atoms with E-state index in [-0.39, 0.29) is 5.60 Å². The van der Waals surface area contributed by atoms with E-state index in [2.05, 4.69) is 20.1 Å². The van der Waals surface area contributed by atoms with Gasteiger partial charge in [-0.1, -0.05) is 17.4 Å². The Morgan fingerprint density at radius 2 is 2.28 bits per heavy atom. The highest BCUT2D eigenvalue weighted by Gasteiger charge is 2.48. The molecule has 4 rings (SSSR count). The molecule has 4 heterocycles. The van der Waals surface area contributed by atoms with E-state index in [1.807, 2.05) is 31.3 Å². The number of rotatable bonds is 6. The van der Waals surface area contributed by atoms with E-state index in [9.17, 15) is 0 Å². The molecule has 25 heavy (non-hydrogen) atoms. The van der Waals surface area contributed by atoms with Gasteiger partial charge >= 0.3 is 0 Å². The second kappa shape index (κ2) is 7.35. The minimum atomic E-state index is 0.0173. The van der Waals surface area contributed by atoms with Crippen molar-refractivity contribution in [2.45, 2.75) is 38.4 Å². The van der Waals surface area contributed by atoms with Gasteiger partial charge in [0.15, 0.2) is 0 Å². The number of hydrogen-bond acceptors (Lipinski definition) is 7. The summed E-state index contributed by atoms with van der Waals surface area (Å²) in [7, 11) is 0. The maximum Gasteiger partial charge on any atom is 0.208 e. The van der Waals surface area contributed by atoms with Gasteiger partial charge in [0.05, 0.1) is 25.4 Å². The van der Waals surface area contributed by atoms with Crippen molar-refractivity contribution in [3.05, 3.63) is 35.1 Å². The number of aryl methyl sites for hydroxylation is 1. The summed E-state index contributed by atoms with van der Waals surface area (Å²) in [6.07, 6.45) is 5.15. The molecule has 0 amide bonds. The van der Waals surface area contributed by atoms with Crippen molar-refractivity contribution in [2.75, 3.05) is 31.2 Å². The monoisotopic (exact) mass is 360 g/mol. The minimum absolute atomic E-state index is 0.0173. The van der Waals surface area contributed by atoms with Crippen LogP contribution in [0, 0.1) is 12.8 Å². The van der Waals surface area contributed by atoms with Crippen molar-refractivity contribution in [2.24, 2.45) is 5.92 Å². The second-order valence-electron chi connectivity index (χ2n) is 7.01. The Kier molecular flexibility index (Phi) is 4.96. The van der Waals surface area contributed by atoms with E-state index in [0.717, 1.165) is 61.4 Å². The molecule has 2 aromatic heterocycles. The summed E-state index contributed by atoms with van der Waals surface area (Å²) in [5.41, 5.74) is 1.01. The summed E-state index contributed by atoms with van der Waals surface area (Å²) in [4.78, 5) is 6.57.